The smallest absolute Gasteiger partial charge is 0.302 e. The highest BCUT2D eigenvalue weighted by molar-refractivity contribution is 7.89. The van der Waals surface area contributed by atoms with E-state index in [1.165, 1.54) is 45.0 Å². The molecule has 0 saturated heterocycles. The van der Waals surface area contributed by atoms with Gasteiger partial charge in [0.05, 0.1) is 17.5 Å². The van der Waals surface area contributed by atoms with Crippen molar-refractivity contribution in [2.24, 2.45) is 11.8 Å². The minimum atomic E-state index is -4.18. The Morgan fingerprint density at radius 1 is 0.957 bits per heavy atom. The van der Waals surface area contributed by atoms with Gasteiger partial charge < -0.3 is 20.1 Å². The SMILES string of the molecule is C=C(N[C@H]1c2ccccc2C[C@H]1OC(C)=O)[C@H](Cc1ccccc1)C[C@@H](CN(N)S(=O)(=O)c1ccc(NC(C)=O)cc1)OC(C)=O. The van der Waals surface area contributed by atoms with Crippen LogP contribution < -0.4 is 16.5 Å². The van der Waals surface area contributed by atoms with Gasteiger partial charge in [-0.15, -0.1) is 4.41 Å². The third kappa shape index (κ3) is 9.03. The molecular formula is C34H40N4O7S. The first-order valence-corrected chi connectivity index (χ1v) is 16.3. The summed E-state index contributed by atoms with van der Waals surface area (Å²) in [6.07, 6.45) is -0.138. The second-order valence-electron chi connectivity index (χ2n) is 11.3. The van der Waals surface area contributed by atoms with Crippen LogP contribution in [-0.4, -0.2) is 49.4 Å². The quantitative estimate of drug-likeness (QED) is 0.133. The molecule has 0 aliphatic heterocycles. The molecule has 0 aromatic heterocycles. The van der Waals surface area contributed by atoms with Gasteiger partial charge in [0.2, 0.25) is 5.91 Å². The number of sulfonamides is 1. The highest BCUT2D eigenvalue weighted by atomic mass is 32.2. The van der Waals surface area contributed by atoms with Crippen molar-refractivity contribution in [1.29, 1.82) is 0 Å². The number of rotatable bonds is 14. The molecule has 4 atom stereocenters. The van der Waals surface area contributed by atoms with Crippen LogP contribution >= 0.6 is 0 Å². The van der Waals surface area contributed by atoms with E-state index < -0.39 is 28.2 Å². The molecule has 4 N–H and O–H groups in total. The summed E-state index contributed by atoms with van der Waals surface area (Å²) >= 11 is 0. The van der Waals surface area contributed by atoms with E-state index in [-0.39, 0.29) is 41.7 Å². The summed E-state index contributed by atoms with van der Waals surface area (Å²) in [4.78, 5) is 35.4. The van der Waals surface area contributed by atoms with E-state index in [4.69, 9.17) is 15.3 Å². The van der Waals surface area contributed by atoms with Crippen LogP contribution in [0.5, 0.6) is 0 Å². The maximum absolute atomic E-state index is 13.4. The highest BCUT2D eigenvalue weighted by Gasteiger charge is 2.36. The van der Waals surface area contributed by atoms with Crippen molar-refractivity contribution < 1.29 is 32.3 Å². The zero-order chi connectivity index (χ0) is 33.4. The van der Waals surface area contributed by atoms with Crippen molar-refractivity contribution in [3.63, 3.8) is 0 Å². The number of amides is 1. The lowest BCUT2D eigenvalue weighted by Gasteiger charge is -2.31. The minimum Gasteiger partial charge on any atom is -0.461 e. The van der Waals surface area contributed by atoms with Crippen LogP contribution in [0.4, 0.5) is 5.69 Å². The standard InChI is InChI=1S/C34H40N4O7S/c1-22(36-34-32-13-9-8-12-27(32)20-33(34)45-25(4)41)28(18-26-10-6-5-7-11-26)19-30(44-24(3)40)21-38(35)46(42,43)31-16-14-29(15-17-31)37-23(2)39/h5-17,28,30,33-34,36H,1,18-21,35H2,2-4H3,(H,37,39)/t28-,30+,33-,34+/m1/s1. The lowest BCUT2D eigenvalue weighted by Crippen LogP contribution is -2.44. The number of carbonyl (C=O) groups excluding carboxylic acids is 3. The van der Waals surface area contributed by atoms with Crippen molar-refractivity contribution in [2.45, 2.75) is 63.2 Å². The monoisotopic (exact) mass is 648 g/mol. The van der Waals surface area contributed by atoms with Crippen molar-refractivity contribution in [3.05, 3.63) is 108 Å². The molecule has 0 unspecified atom stereocenters. The first kappa shape index (κ1) is 34.4. The maximum Gasteiger partial charge on any atom is 0.302 e. The fraction of sp³-hybridized carbons (Fsp3) is 0.324. The summed E-state index contributed by atoms with van der Waals surface area (Å²) in [5, 5.41) is 6.08. The third-order valence-electron chi connectivity index (χ3n) is 7.70. The van der Waals surface area contributed by atoms with Gasteiger partial charge in [-0.3, -0.25) is 20.2 Å². The molecule has 0 saturated carbocycles. The van der Waals surface area contributed by atoms with Crippen molar-refractivity contribution in [2.75, 3.05) is 11.9 Å². The van der Waals surface area contributed by atoms with E-state index in [0.717, 1.165) is 16.7 Å². The number of nitrogens with zero attached hydrogens (tertiary/aromatic N) is 1. The summed E-state index contributed by atoms with van der Waals surface area (Å²) in [6, 6.07) is 22.8. The Kier molecular flexibility index (Phi) is 11.3. The lowest BCUT2D eigenvalue weighted by atomic mass is 9.90. The van der Waals surface area contributed by atoms with Gasteiger partial charge in [-0.2, -0.15) is 0 Å². The molecule has 4 rings (SSSR count). The van der Waals surface area contributed by atoms with Crippen molar-refractivity contribution in [1.82, 2.24) is 9.73 Å². The number of nitrogens with one attached hydrogen (secondary N) is 2. The Labute approximate surface area is 269 Å². The first-order chi connectivity index (χ1) is 21.8. The van der Waals surface area contributed by atoms with Gasteiger partial charge in [-0.05, 0) is 53.8 Å². The number of fused-ring (bicyclic) bond motifs is 1. The molecule has 0 radical (unpaired) electrons. The predicted molar refractivity (Wildman–Crippen MR) is 173 cm³/mol. The molecule has 1 amide bonds. The zero-order valence-electron chi connectivity index (χ0n) is 26.1. The molecule has 0 heterocycles. The summed E-state index contributed by atoms with van der Waals surface area (Å²) in [5.74, 6) is 4.52. The molecule has 11 nitrogen and oxygen atoms in total. The van der Waals surface area contributed by atoms with E-state index in [2.05, 4.69) is 17.2 Å². The fourth-order valence-electron chi connectivity index (χ4n) is 5.68. The second-order valence-corrected chi connectivity index (χ2v) is 13.2. The predicted octanol–water partition coefficient (Wildman–Crippen LogP) is 4.02. The molecule has 1 aliphatic rings. The van der Waals surface area contributed by atoms with Gasteiger partial charge in [0.1, 0.15) is 12.2 Å². The molecule has 3 aromatic carbocycles. The second kappa shape index (κ2) is 15.2. The Morgan fingerprint density at radius 2 is 1.61 bits per heavy atom. The van der Waals surface area contributed by atoms with E-state index in [9.17, 15) is 22.8 Å². The van der Waals surface area contributed by atoms with Crippen LogP contribution in [0.2, 0.25) is 0 Å². The van der Waals surface area contributed by atoms with Crippen LogP contribution in [-0.2, 0) is 46.7 Å². The molecule has 3 aromatic rings. The molecule has 46 heavy (non-hydrogen) atoms. The lowest BCUT2D eigenvalue weighted by molar-refractivity contribution is -0.148. The van der Waals surface area contributed by atoms with Crippen LogP contribution in [0.25, 0.3) is 0 Å². The number of ether oxygens (including phenoxy) is 2. The number of hydrazine groups is 1. The number of esters is 2. The van der Waals surface area contributed by atoms with Crippen LogP contribution in [0, 0.1) is 5.92 Å². The largest absolute Gasteiger partial charge is 0.461 e. The van der Waals surface area contributed by atoms with Crippen molar-refractivity contribution in [3.8, 4) is 0 Å². The number of allylic oxidation sites excluding steroid dienone is 1. The van der Waals surface area contributed by atoms with Crippen LogP contribution in [0.1, 0.15) is 49.9 Å². The molecule has 0 bridgehead atoms. The maximum atomic E-state index is 13.4. The van der Waals surface area contributed by atoms with Gasteiger partial charge >= 0.3 is 11.9 Å². The Balaban J connectivity index is 1.58. The average molecular weight is 649 g/mol. The van der Waals surface area contributed by atoms with Gasteiger partial charge in [0, 0.05) is 44.5 Å². The summed E-state index contributed by atoms with van der Waals surface area (Å²) in [6.45, 7) is 8.01. The number of hydrogen-bond acceptors (Lipinski definition) is 9. The van der Waals surface area contributed by atoms with E-state index in [1.807, 2.05) is 54.6 Å². The fourth-order valence-corrected chi connectivity index (χ4v) is 6.79. The normalized spacial score (nSPS) is 17.0. The van der Waals surface area contributed by atoms with Crippen LogP contribution in [0.15, 0.2) is 96.0 Å². The highest BCUT2D eigenvalue weighted by Crippen LogP contribution is 2.35. The van der Waals surface area contributed by atoms with E-state index in [0.29, 0.717) is 28.6 Å². The zero-order valence-corrected chi connectivity index (χ0v) is 27.0. The molecular weight excluding hydrogens is 608 g/mol. The van der Waals surface area contributed by atoms with Gasteiger partial charge in [-0.1, -0.05) is 61.2 Å². The first-order valence-electron chi connectivity index (χ1n) is 14.9. The number of hydrogen-bond donors (Lipinski definition) is 3. The van der Waals surface area contributed by atoms with Crippen LogP contribution in [0.3, 0.4) is 0 Å². The Bertz CT molecular complexity index is 1660. The number of benzene rings is 3. The average Bonchev–Trinajstić information content (AvgIpc) is 3.32. The Hall–Kier alpha value is -4.52. The molecule has 244 valence electrons. The topological polar surface area (TPSA) is 157 Å². The summed E-state index contributed by atoms with van der Waals surface area (Å²) in [7, 11) is -4.18. The molecule has 0 fully saturated rings. The summed E-state index contributed by atoms with van der Waals surface area (Å²) < 4.78 is 38.7. The van der Waals surface area contributed by atoms with Gasteiger partial charge in [0.15, 0.2) is 0 Å². The Morgan fingerprint density at radius 3 is 2.24 bits per heavy atom. The number of nitrogens with two attached hydrogens (primary N) is 1. The van der Waals surface area contributed by atoms with Gasteiger partial charge in [-0.25, -0.2) is 8.42 Å². The van der Waals surface area contributed by atoms with E-state index in [1.54, 1.807) is 0 Å². The minimum absolute atomic E-state index is 0.0889. The molecule has 12 heteroatoms. The number of carbonyl (C=O) groups is 3. The molecule has 1 aliphatic carbocycles. The third-order valence-corrected chi connectivity index (χ3v) is 9.34. The number of anilines is 1. The van der Waals surface area contributed by atoms with Crippen molar-refractivity contribution >= 4 is 33.6 Å². The van der Waals surface area contributed by atoms with Gasteiger partial charge in [0.25, 0.3) is 10.0 Å². The summed E-state index contributed by atoms with van der Waals surface area (Å²) in [5.41, 5.74) is 4.10. The van der Waals surface area contributed by atoms with E-state index >= 15 is 0 Å². The molecule has 0 spiro atoms.